The molecular formula is C18H20O3. The van der Waals surface area contributed by atoms with Gasteiger partial charge in [0, 0.05) is 11.5 Å². The number of methoxy groups -OCH3 is 1. The molecule has 0 N–H and O–H groups in total. The van der Waals surface area contributed by atoms with Gasteiger partial charge in [0.05, 0.1) is 13.7 Å². The fourth-order valence-electron chi connectivity index (χ4n) is 2.35. The second-order valence-corrected chi connectivity index (χ2v) is 4.77. The van der Waals surface area contributed by atoms with Crippen molar-refractivity contribution in [2.75, 3.05) is 13.7 Å². The van der Waals surface area contributed by atoms with Gasteiger partial charge < -0.3 is 14.3 Å². The van der Waals surface area contributed by atoms with Crippen LogP contribution < -0.4 is 9.47 Å². The molecule has 2 rings (SSSR count). The number of aldehydes is 1. The van der Waals surface area contributed by atoms with Crippen LogP contribution in [0.5, 0.6) is 11.5 Å². The normalized spacial score (nSPS) is 11.7. The van der Waals surface area contributed by atoms with Crippen molar-refractivity contribution < 1.29 is 14.3 Å². The first-order chi connectivity index (χ1) is 10.3. The van der Waals surface area contributed by atoms with Crippen molar-refractivity contribution in [2.45, 2.75) is 19.3 Å². The van der Waals surface area contributed by atoms with Gasteiger partial charge in [-0.05, 0) is 37.1 Å². The van der Waals surface area contributed by atoms with Gasteiger partial charge in [-0.25, -0.2) is 0 Å². The number of hydrogen-bond donors (Lipinski definition) is 0. The van der Waals surface area contributed by atoms with Crippen molar-refractivity contribution >= 4 is 6.29 Å². The Morgan fingerprint density at radius 1 is 1.10 bits per heavy atom. The topological polar surface area (TPSA) is 35.5 Å². The van der Waals surface area contributed by atoms with Gasteiger partial charge in [0.15, 0.2) is 0 Å². The minimum absolute atomic E-state index is 0.209. The predicted octanol–water partition coefficient (Wildman–Crippen LogP) is 3.62. The first kappa shape index (κ1) is 15.1. The Bertz CT molecular complexity index is 575. The van der Waals surface area contributed by atoms with Crippen molar-refractivity contribution in [1.29, 1.82) is 0 Å². The quantitative estimate of drug-likeness (QED) is 0.728. The van der Waals surface area contributed by atoms with E-state index in [9.17, 15) is 4.79 Å². The molecule has 0 saturated carbocycles. The summed E-state index contributed by atoms with van der Waals surface area (Å²) in [5.74, 6) is 1.39. The summed E-state index contributed by atoms with van der Waals surface area (Å²) in [7, 11) is 1.62. The molecule has 3 heteroatoms. The highest BCUT2D eigenvalue weighted by Crippen LogP contribution is 2.28. The van der Waals surface area contributed by atoms with Crippen molar-refractivity contribution in [1.82, 2.24) is 0 Å². The zero-order valence-electron chi connectivity index (χ0n) is 12.4. The molecule has 1 unspecified atom stereocenters. The summed E-state index contributed by atoms with van der Waals surface area (Å²) in [6.45, 7) is 2.61. The predicted molar refractivity (Wildman–Crippen MR) is 83.1 cm³/mol. The number of hydrogen-bond acceptors (Lipinski definition) is 3. The number of carbonyl (C=O) groups is 1. The van der Waals surface area contributed by atoms with Gasteiger partial charge in [-0.3, -0.25) is 0 Å². The third-order valence-corrected chi connectivity index (χ3v) is 3.39. The Morgan fingerprint density at radius 3 is 2.43 bits per heavy atom. The average Bonchev–Trinajstić information content (AvgIpc) is 2.54. The van der Waals surface area contributed by atoms with Crippen molar-refractivity contribution in [3.05, 3.63) is 59.7 Å². The highest BCUT2D eigenvalue weighted by molar-refractivity contribution is 5.65. The standard InChI is InChI=1S/C18H20O3/c1-3-21-16-10-8-14(9-11-16)12-15(13-19)17-6-4-5-7-18(17)20-2/h4-11,13,15H,3,12H2,1-2H3. The van der Waals surface area contributed by atoms with Gasteiger partial charge >= 0.3 is 0 Å². The number of benzene rings is 2. The first-order valence-corrected chi connectivity index (χ1v) is 7.08. The van der Waals surface area contributed by atoms with E-state index in [1.165, 1.54) is 0 Å². The number of rotatable bonds is 7. The van der Waals surface area contributed by atoms with E-state index in [1.54, 1.807) is 7.11 Å². The van der Waals surface area contributed by atoms with Crippen LogP contribution in [0.15, 0.2) is 48.5 Å². The zero-order valence-corrected chi connectivity index (χ0v) is 12.4. The lowest BCUT2D eigenvalue weighted by atomic mass is 9.92. The van der Waals surface area contributed by atoms with Crippen LogP contribution in [0.4, 0.5) is 0 Å². The van der Waals surface area contributed by atoms with E-state index in [0.717, 1.165) is 28.9 Å². The minimum Gasteiger partial charge on any atom is -0.496 e. The van der Waals surface area contributed by atoms with E-state index in [1.807, 2.05) is 55.5 Å². The Balaban J connectivity index is 2.17. The molecule has 0 radical (unpaired) electrons. The maximum Gasteiger partial charge on any atom is 0.127 e. The Morgan fingerprint density at radius 2 is 1.81 bits per heavy atom. The first-order valence-electron chi connectivity index (χ1n) is 7.08. The van der Waals surface area contributed by atoms with Gasteiger partial charge in [0.25, 0.3) is 0 Å². The fourth-order valence-corrected chi connectivity index (χ4v) is 2.35. The van der Waals surface area contributed by atoms with Crippen LogP contribution in [0.3, 0.4) is 0 Å². The Kier molecular flexibility index (Phi) is 5.38. The summed E-state index contributed by atoms with van der Waals surface area (Å²) < 4.78 is 10.8. The lowest BCUT2D eigenvalue weighted by Gasteiger charge is -2.15. The average molecular weight is 284 g/mol. The highest BCUT2D eigenvalue weighted by Gasteiger charge is 2.15. The smallest absolute Gasteiger partial charge is 0.127 e. The van der Waals surface area contributed by atoms with E-state index in [-0.39, 0.29) is 5.92 Å². The molecule has 0 amide bonds. The maximum atomic E-state index is 11.5. The lowest BCUT2D eigenvalue weighted by Crippen LogP contribution is -2.06. The summed E-state index contributed by atoms with van der Waals surface area (Å²) in [5.41, 5.74) is 2.02. The largest absolute Gasteiger partial charge is 0.496 e. The molecule has 0 fully saturated rings. The van der Waals surface area contributed by atoms with E-state index < -0.39 is 0 Å². The summed E-state index contributed by atoms with van der Waals surface area (Å²) in [4.78, 5) is 11.5. The van der Waals surface area contributed by atoms with Crippen LogP contribution in [0.2, 0.25) is 0 Å². The van der Waals surface area contributed by atoms with E-state index in [2.05, 4.69) is 0 Å². The molecule has 0 aromatic heterocycles. The van der Waals surface area contributed by atoms with E-state index in [0.29, 0.717) is 13.0 Å². The number of ether oxygens (including phenoxy) is 2. The van der Waals surface area contributed by atoms with Crippen LogP contribution in [0, 0.1) is 0 Å². The molecule has 2 aromatic carbocycles. The maximum absolute atomic E-state index is 11.5. The molecule has 0 spiro atoms. The van der Waals surface area contributed by atoms with Crippen molar-refractivity contribution in [3.8, 4) is 11.5 Å². The molecule has 0 bridgehead atoms. The van der Waals surface area contributed by atoms with Crippen molar-refractivity contribution in [2.24, 2.45) is 0 Å². The minimum atomic E-state index is -0.209. The monoisotopic (exact) mass is 284 g/mol. The highest BCUT2D eigenvalue weighted by atomic mass is 16.5. The molecule has 0 aliphatic heterocycles. The zero-order chi connectivity index (χ0) is 15.1. The van der Waals surface area contributed by atoms with Crippen molar-refractivity contribution in [3.63, 3.8) is 0 Å². The molecule has 0 heterocycles. The van der Waals surface area contributed by atoms with Gasteiger partial charge in [-0.2, -0.15) is 0 Å². The van der Waals surface area contributed by atoms with Crippen LogP contribution in [-0.2, 0) is 11.2 Å². The lowest BCUT2D eigenvalue weighted by molar-refractivity contribution is -0.109. The van der Waals surface area contributed by atoms with E-state index >= 15 is 0 Å². The van der Waals surface area contributed by atoms with E-state index in [4.69, 9.17) is 9.47 Å². The SMILES string of the molecule is CCOc1ccc(CC(C=O)c2ccccc2OC)cc1. The van der Waals surface area contributed by atoms with Gasteiger partial charge in [0.2, 0.25) is 0 Å². The molecule has 3 nitrogen and oxygen atoms in total. The van der Waals surface area contributed by atoms with Gasteiger partial charge in [-0.15, -0.1) is 0 Å². The molecule has 0 aliphatic rings. The van der Waals surface area contributed by atoms with Gasteiger partial charge in [-0.1, -0.05) is 30.3 Å². The van der Waals surface area contributed by atoms with Crippen LogP contribution in [0.25, 0.3) is 0 Å². The summed E-state index contributed by atoms with van der Waals surface area (Å²) in [5, 5.41) is 0. The number of carbonyl (C=O) groups excluding carboxylic acids is 1. The second kappa shape index (κ2) is 7.48. The van der Waals surface area contributed by atoms with Gasteiger partial charge in [0.1, 0.15) is 17.8 Å². The molecular weight excluding hydrogens is 264 g/mol. The summed E-state index contributed by atoms with van der Waals surface area (Å²) in [6.07, 6.45) is 1.63. The van der Waals surface area contributed by atoms with Crippen LogP contribution >= 0.6 is 0 Å². The molecule has 110 valence electrons. The molecule has 0 aliphatic carbocycles. The molecule has 21 heavy (non-hydrogen) atoms. The summed E-state index contributed by atoms with van der Waals surface area (Å²) >= 11 is 0. The van der Waals surface area contributed by atoms with Crippen LogP contribution in [-0.4, -0.2) is 20.0 Å². The second-order valence-electron chi connectivity index (χ2n) is 4.77. The third kappa shape index (κ3) is 3.85. The molecule has 2 aromatic rings. The Labute approximate surface area is 125 Å². The molecule has 1 atom stereocenters. The Hall–Kier alpha value is -2.29. The third-order valence-electron chi connectivity index (χ3n) is 3.39. The molecule has 0 saturated heterocycles. The fraction of sp³-hybridized carbons (Fsp3) is 0.278. The number of para-hydroxylation sites is 1. The van der Waals surface area contributed by atoms with Crippen LogP contribution in [0.1, 0.15) is 24.0 Å². The summed E-state index contributed by atoms with van der Waals surface area (Å²) in [6, 6.07) is 15.5.